The summed E-state index contributed by atoms with van der Waals surface area (Å²) in [5.74, 6) is -0.309. The van der Waals surface area contributed by atoms with Gasteiger partial charge in [-0.3, -0.25) is 9.59 Å². The third-order valence-corrected chi connectivity index (χ3v) is 2.45. The van der Waals surface area contributed by atoms with Gasteiger partial charge in [0.1, 0.15) is 0 Å². The lowest BCUT2D eigenvalue weighted by Crippen LogP contribution is -2.11. The first-order valence-electron chi connectivity index (χ1n) is 5.16. The molecule has 17 heavy (non-hydrogen) atoms. The van der Waals surface area contributed by atoms with Gasteiger partial charge in [-0.1, -0.05) is 0 Å². The average Bonchev–Trinajstić information content (AvgIpc) is 2.79. The highest BCUT2D eigenvalue weighted by Crippen LogP contribution is 2.13. The number of amides is 1. The minimum atomic E-state index is -0.448. The topological polar surface area (TPSA) is 59.6 Å². The van der Waals surface area contributed by atoms with Crippen LogP contribution in [-0.4, -0.2) is 17.4 Å². The largest absolute Gasteiger partial charge is 0.459 e. The van der Waals surface area contributed by atoms with E-state index in [1.165, 1.54) is 12.3 Å². The zero-order valence-electron chi connectivity index (χ0n) is 9.56. The third kappa shape index (κ3) is 2.30. The van der Waals surface area contributed by atoms with E-state index in [-0.39, 0.29) is 11.5 Å². The van der Waals surface area contributed by atoms with Crippen LogP contribution in [0.2, 0.25) is 0 Å². The normalized spacial score (nSPS) is 18.0. The van der Waals surface area contributed by atoms with Gasteiger partial charge in [0.2, 0.25) is 0 Å². The molecule has 4 heteroatoms. The first-order valence-corrected chi connectivity index (χ1v) is 5.16. The number of hydrogen-bond donors (Lipinski definition) is 0. The van der Waals surface area contributed by atoms with Crippen molar-refractivity contribution in [2.75, 3.05) is 0 Å². The van der Waals surface area contributed by atoms with Gasteiger partial charge in [-0.25, -0.2) is 4.99 Å². The van der Waals surface area contributed by atoms with Gasteiger partial charge in [0.15, 0.2) is 11.5 Å². The van der Waals surface area contributed by atoms with Crippen molar-refractivity contribution < 1.29 is 14.0 Å². The van der Waals surface area contributed by atoms with E-state index < -0.39 is 5.91 Å². The van der Waals surface area contributed by atoms with E-state index in [1.54, 1.807) is 32.1 Å². The van der Waals surface area contributed by atoms with Crippen LogP contribution in [0.1, 0.15) is 24.4 Å². The lowest BCUT2D eigenvalue weighted by atomic mass is 9.99. The summed E-state index contributed by atoms with van der Waals surface area (Å²) in [6, 6.07) is 3.18. The summed E-state index contributed by atoms with van der Waals surface area (Å²) in [5, 5.41) is 0. The van der Waals surface area contributed by atoms with Gasteiger partial charge in [0.25, 0.3) is 0 Å². The van der Waals surface area contributed by atoms with Gasteiger partial charge in [-0.15, -0.1) is 0 Å². The molecule has 0 radical (unpaired) electrons. The van der Waals surface area contributed by atoms with Crippen LogP contribution in [0.3, 0.4) is 0 Å². The SMILES string of the molecule is CC1=CC(=NC(=O)c2ccco2)C(C)=CC1=O. The fourth-order valence-electron chi connectivity index (χ4n) is 1.46. The van der Waals surface area contributed by atoms with Crippen LogP contribution in [-0.2, 0) is 4.79 Å². The molecule has 0 N–H and O–H groups in total. The quantitative estimate of drug-likeness (QED) is 0.694. The molecule has 0 spiro atoms. The second-order valence-electron chi connectivity index (χ2n) is 3.80. The average molecular weight is 229 g/mol. The Balaban J connectivity index is 2.32. The summed E-state index contributed by atoms with van der Waals surface area (Å²) >= 11 is 0. The number of carbonyl (C=O) groups is 2. The highest BCUT2D eigenvalue weighted by Gasteiger charge is 2.15. The second kappa shape index (κ2) is 4.33. The van der Waals surface area contributed by atoms with Crippen molar-refractivity contribution >= 4 is 17.4 Å². The van der Waals surface area contributed by atoms with Gasteiger partial charge < -0.3 is 4.42 Å². The number of allylic oxidation sites excluding steroid dienone is 4. The molecule has 0 aromatic carbocycles. The number of furan rings is 1. The minimum Gasteiger partial charge on any atom is -0.459 e. The van der Waals surface area contributed by atoms with Gasteiger partial charge in [-0.05, 0) is 49.3 Å². The van der Waals surface area contributed by atoms with Crippen molar-refractivity contribution in [2.45, 2.75) is 13.8 Å². The molecule has 1 aromatic heterocycles. The molecule has 0 aliphatic heterocycles. The van der Waals surface area contributed by atoms with Crippen molar-refractivity contribution in [2.24, 2.45) is 4.99 Å². The molecule has 0 fully saturated rings. The Morgan fingerprint density at radius 2 is 2.00 bits per heavy atom. The zero-order valence-corrected chi connectivity index (χ0v) is 9.56. The van der Waals surface area contributed by atoms with Crippen LogP contribution in [0.25, 0.3) is 0 Å². The standard InChI is InChI=1S/C13H11NO3/c1-8-7-11(15)9(2)6-10(8)14-13(16)12-4-3-5-17-12/h3-7H,1-2H3. The van der Waals surface area contributed by atoms with E-state index in [9.17, 15) is 9.59 Å². The summed E-state index contributed by atoms with van der Waals surface area (Å²) in [6.45, 7) is 3.44. The highest BCUT2D eigenvalue weighted by molar-refractivity contribution is 6.24. The lowest BCUT2D eigenvalue weighted by Gasteiger charge is -2.08. The number of nitrogens with zero attached hydrogens (tertiary/aromatic N) is 1. The molecule has 1 aliphatic rings. The zero-order chi connectivity index (χ0) is 12.4. The Morgan fingerprint density at radius 1 is 1.24 bits per heavy atom. The van der Waals surface area contributed by atoms with Crippen LogP contribution in [0.5, 0.6) is 0 Å². The van der Waals surface area contributed by atoms with E-state index >= 15 is 0 Å². The molecule has 86 valence electrons. The van der Waals surface area contributed by atoms with E-state index in [1.807, 2.05) is 0 Å². The molecule has 1 amide bonds. The fourth-order valence-corrected chi connectivity index (χ4v) is 1.46. The van der Waals surface area contributed by atoms with Crippen molar-refractivity contribution in [3.8, 4) is 0 Å². The fraction of sp³-hybridized carbons (Fsp3) is 0.154. The molecule has 0 saturated carbocycles. The first-order chi connectivity index (χ1) is 8.08. The lowest BCUT2D eigenvalue weighted by molar-refractivity contribution is -0.111. The second-order valence-corrected chi connectivity index (χ2v) is 3.80. The summed E-state index contributed by atoms with van der Waals surface area (Å²) in [5.41, 5.74) is 1.76. The predicted molar refractivity (Wildman–Crippen MR) is 63.0 cm³/mol. The number of carbonyl (C=O) groups excluding carboxylic acids is 2. The number of ketones is 1. The van der Waals surface area contributed by atoms with Gasteiger partial charge >= 0.3 is 5.91 Å². The van der Waals surface area contributed by atoms with E-state index in [0.717, 1.165) is 0 Å². The van der Waals surface area contributed by atoms with Crippen LogP contribution in [0.15, 0.2) is 51.1 Å². The molecule has 0 atom stereocenters. The number of aliphatic imine (C=N–C) groups is 1. The molecular formula is C13H11NO3. The maximum absolute atomic E-state index is 11.7. The smallest absolute Gasteiger partial charge is 0.313 e. The monoisotopic (exact) mass is 229 g/mol. The maximum atomic E-state index is 11.7. The Bertz CT molecular complexity index is 559. The Hall–Kier alpha value is -2.23. The molecule has 1 heterocycles. The van der Waals surface area contributed by atoms with Crippen molar-refractivity contribution in [1.82, 2.24) is 0 Å². The maximum Gasteiger partial charge on any atom is 0.313 e. The first kappa shape index (κ1) is 11.3. The number of rotatable bonds is 1. The molecule has 0 bridgehead atoms. The highest BCUT2D eigenvalue weighted by atomic mass is 16.3. The van der Waals surface area contributed by atoms with E-state index in [2.05, 4.69) is 4.99 Å². The molecule has 1 aliphatic carbocycles. The van der Waals surface area contributed by atoms with Crippen LogP contribution < -0.4 is 0 Å². The third-order valence-electron chi connectivity index (χ3n) is 2.45. The molecule has 1 aromatic rings. The van der Waals surface area contributed by atoms with E-state index in [4.69, 9.17) is 4.42 Å². The summed E-state index contributed by atoms with van der Waals surface area (Å²) in [4.78, 5) is 27.0. The molecule has 2 rings (SSSR count). The molecule has 4 nitrogen and oxygen atoms in total. The van der Waals surface area contributed by atoms with Gasteiger partial charge in [0, 0.05) is 0 Å². The van der Waals surface area contributed by atoms with E-state index in [0.29, 0.717) is 16.9 Å². The predicted octanol–water partition coefficient (Wildman–Crippen LogP) is 2.34. The summed E-state index contributed by atoms with van der Waals surface area (Å²) in [7, 11) is 0. The summed E-state index contributed by atoms with van der Waals surface area (Å²) in [6.07, 6.45) is 4.50. The van der Waals surface area contributed by atoms with Gasteiger partial charge in [0.05, 0.1) is 12.0 Å². The molecular weight excluding hydrogens is 218 g/mol. The Labute approximate surface area is 98.3 Å². The molecule has 0 unspecified atom stereocenters. The summed E-state index contributed by atoms with van der Waals surface area (Å²) < 4.78 is 4.96. The number of hydrogen-bond acceptors (Lipinski definition) is 3. The van der Waals surface area contributed by atoms with Crippen LogP contribution in [0, 0.1) is 0 Å². The Morgan fingerprint density at radius 3 is 2.65 bits per heavy atom. The van der Waals surface area contributed by atoms with Crippen molar-refractivity contribution in [3.05, 3.63) is 47.5 Å². The Kier molecular flexibility index (Phi) is 2.87. The molecule has 0 saturated heterocycles. The minimum absolute atomic E-state index is 0.0492. The van der Waals surface area contributed by atoms with Gasteiger partial charge in [-0.2, -0.15) is 0 Å². The van der Waals surface area contributed by atoms with Crippen LogP contribution in [0.4, 0.5) is 0 Å². The van der Waals surface area contributed by atoms with Crippen molar-refractivity contribution in [3.63, 3.8) is 0 Å². The van der Waals surface area contributed by atoms with Crippen molar-refractivity contribution in [1.29, 1.82) is 0 Å². The van der Waals surface area contributed by atoms with Crippen LogP contribution >= 0.6 is 0 Å².